The van der Waals surface area contributed by atoms with Crippen LogP contribution in [0.25, 0.3) is 11.1 Å². The number of rotatable bonds is 6. The van der Waals surface area contributed by atoms with E-state index in [0.29, 0.717) is 16.0 Å². The van der Waals surface area contributed by atoms with Gasteiger partial charge in [0.2, 0.25) is 5.91 Å². The van der Waals surface area contributed by atoms with E-state index in [-0.39, 0.29) is 31.1 Å². The fourth-order valence-corrected chi connectivity index (χ4v) is 5.97. The Hall–Kier alpha value is -4.11. The van der Waals surface area contributed by atoms with E-state index >= 15 is 0 Å². The summed E-state index contributed by atoms with van der Waals surface area (Å²) in [6.45, 7) is 11.1. The number of alkyl carbamates (subject to hydrolysis) is 1. The van der Waals surface area contributed by atoms with Gasteiger partial charge in [-0.1, -0.05) is 30.3 Å². The zero-order valence-electron chi connectivity index (χ0n) is 24.9. The van der Waals surface area contributed by atoms with Crippen molar-refractivity contribution < 1.29 is 27.5 Å². The second-order valence-corrected chi connectivity index (χ2v) is 13.0. The van der Waals surface area contributed by atoms with Crippen LogP contribution < -0.4 is 5.32 Å². The number of hydrogen-bond acceptors (Lipinski definition) is 6. The van der Waals surface area contributed by atoms with Crippen LogP contribution in [0.15, 0.2) is 48.7 Å². The molecular formula is C31H34F3N5O3S. The summed E-state index contributed by atoms with van der Waals surface area (Å²) in [5.41, 5.74) is -0.837. The van der Waals surface area contributed by atoms with Gasteiger partial charge in [0.1, 0.15) is 16.5 Å². The van der Waals surface area contributed by atoms with Crippen molar-refractivity contribution in [2.75, 3.05) is 6.54 Å². The molecule has 1 aliphatic heterocycles. The Morgan fingerprint density at radius 1 is 1.16 bits per heavy atom. The van der Waals surface area contributed by atoms with Crippen LogP contribution in [0.1, 0.15) is 74.0 Å². The van der Waals surface area contributed by atoms with Crippen molar-refractivity contribution in [1.82, 2.24) is 20.0 Å². The van der Waals surface area contributed by atoms with Gasteiger partial charge in [-0.25, -0.2) is 4.79 Å². The second-order valence-electron chi connectivity index (χ2n) is 11.9. The average Bonchev–Trinajstić information content (AvgIpc) is 3.54. The summed E-state index contributed by atoms with van der Waals surface area (Å²) in [4.78, 5) is 28.6. The van der Waals surface area contributed by atoms with E-state index in [0.717, 1.165) is 10.4 Å². The van der Waals surface area contributed by atoms with Crippen molar-refractivity contribution in [3.63, 3.8) is 0 Å². The predicted molar refractivity (Wildman–Crippen MR) is 157 cm³/mol. The Morgan fingerprint density at radius 2 is 1.86 bits per heavy atom. The normalized spacial score (nSPS) is 15.7. The minimum absolute atomic E-state index is 0.0412. The molecule has 0 aliphatic carbocycles. The van der Waals surface area contributed by atoms with E-state index in [9.17, 15) is 28.0 Å². The summed E-state index contributed by atoms with van der Waals surface area (Å²) in [5.74, 6) is -0.830. The van der Waals surface area contributed by atoms with Gasteiger partial charge in [-0.05, 0) is 64.3 Å². The van der Waals surface area contributed by atoms with E-state index < -0.39 is 35.0 Å². The van der Waals surface area contributed by atoms with Gasteiger partial charge in [-0.15, -0.1) is 11.3 Å². The molecule has 0 saturated carbocycles. The predicted octanol–water partition coefficient (Wildman–Crippen LogP) is 6.86. The Balaban J connectivity index is 1.70. The van der Waals surface area contributed by atoms with Crippen molar-refractivity contribution in [3.05, 3.63) is 75.3 Å². The first kappa shape index (κ1) is 31.8. The highest BCUT2D eigenvalue weighted by Crippen LogP contribution is 2.44. The summed E-state index contributed by atoms with van der Waals surface area (Å²) in [6, 6.07) is 10.7. The number of aryl methyl sites for hydroxylation is 1. The van der Waals surface area contributed by atoms with Gasteiger partial charge in [0.15, 0.2) is 5.69 Å². The molecule has 2 aromatic heterocycles. The number of ether oxygens (including phenoxy) is 1. The third-order valence-corrected chi connectivity index (χ3v) is 7.86. The first-order chi connectivity index (χ1) is 20.0. The Labute approximate surface area is 252 Å². The molecule has 1 N–H and O–H groups in total. The third-order valence-electron chi connectivity index (χ3n) is 6.82. The van der Waals surface area contributed by atoms with E-state index in [2.05, 4.69) is 16.5 Å². The molecular weight excluding hydrogens is 579 g/mol. The first-order valence-corrected chi connectivity index (χ1v) is 14.6. The lowest BCUT2D eigenvalue weighted by Crippen LogP contribution is -2.45. The smallest absolute Gasteiger partial charge is 0.435 e. The molecule has 0 bridgehead atoms. The Bertz CT molecular complexity index is 1590. The molecule has 8 nitrogen and oxygen atoms in total. The van der Waals surface area contributed by atoms with E-state index in [1.807, 2.05) is 0 Å². The van der Waals surface area contributed by atoms with Gasteiger partial charge in [0, 0.05) is 41.7 Å². The number of aromatic nitrogens is 2. The summed E-state index contributed by atoms with van der Waals surface area (Å²) in [6.07, 6.45) is -0.950. The fraction of sp³-hybridized carbons (Fsp3) is 0.419. The van der Waals surface area contributed by atoms with Crippen molar-refractivity contribution >= 4 is 23.3 Å². The molecule has 4 rings (SSSR count). The number of nitriles is 1. The number of nitrogens with one attached hydrogen (secondary N) is 1. The molecule has 1 atom stereocenters. The maximum Gasteiger partial charge on any atom is 0.435 e. The van der Waals surface area contributed by atoms with Gasteiger partial charge < -0.3 is 15.0 Å². The number of fused-ring (bicyclic) bond motifs is 1. The molecule has 0 spiro atoms. The highest BCUT2D eigenvalue weighted by atomic mass is 32.1. The quantitative estimate of drug-likeness (QED) is 0.307. The number of nitrogens with zero attached hydrogens (tertiary/aromatic N) is 4. The standard InChI is InChI=1S/C31H34F3N5O3S/c1-7-39-17-24(27(37-39)31(32,33)34)21-11-9-8-10-20(21)23-16-38(18-25-22(23)14-19(15-35)43-25)26(40)12-13-30(5,6)36-28(41)42-29(2,3)4/h8-14,17,23H,7,16,18H2,1-6H3,(H,36,41)/b13-12+/t23-/m0/s1. The monoisotopic (exact) mass is 613 g/mol. The van der Waals surface area contributed by atoms with Crippen molar-refractivity contribution in [1.29, 1.82) is 5.26 Å². The largest absolute Gasteiger partial charge is 0.444 e. The number of alkyl halides is 3. The minimum Gasteiger partial charge on any atom is -0.444 e. The molecule has 0 fully saturated rings. The molecule has 0 saturated heterocycles. The Kier molecular flexibility index (Phi) is 8.79. The molecule has 3 aromatic rings. The molecule has 3 heterocycles. The number of carbonyl (C=O) groups is 2. The molecule has 0 unspecified atom stereocenters. The minimum atomic E-state index is -4.66. The summed E-state index contributed by atoms with van der Waals surface area (Å²) < 4.78 is 48.7. The van der Waals surface area contributed by atoms with Crippen molar-refractivity contribution in [3.8, 4) is 17.2 Å². The van der Waals surface area contributed by atoms with E-state index in [1.165, 1.54) is 28.3 Å². The lowest BCUT2D eigenvalue weighted by molar-refractivity contribution is -0.141. The zero-order chi connectivity index (χ0) is 31.7. The van der Waals surface area contributed by atoms with Crippen LogP contribution in [0.4, 0.5) is 18.0 Å². The van der Waals surface area contributed by atoms with Crippen LogP contribution >= 0.6 is 11.3 Å². The molecule has 43 heavy (non-hydrogen) atoms. The number of halogens is 3. The van der Waals surface area contributed by atoms with Crippen LogP contribution in [-0.4, -0.2) is 44.4 Å². The highest BCUT2D eigenvalue weighted by Gasteiger charge is 2.39. The van der Waals surface area contributed by atoms with Gasteiger partial charge >= 0.3 is 12.3 Å². The molecule has 0 radical (unpaired) electrons. The SMILES string of the molecule is CCn1cc(-c2ccccc2[C@@H]2CN(C(=O)/C=C/C(C)(C)NC(=O)OC(C)(C)C)Cc3sc(C#N)cc32)c(C(F)(F)F)n1. The lowest BCUT2D eigenvalue weighted by atomic mass is 9.83. The number of thiophene rings is 1. The molecule has 228 valence electrons. The number of amides is 2. The lowest BCUT2D eigenvalue weighted by Gasteiger charge is -2.34. The molecule has 12 heteroatoms. The maximum atomic E-state index is 14.0. The van der Waals surface area contributed by atoms with Gasteiger partial charge in [-0.3, -0.25) is 9.48 Å². The van der Waals surface area contributed by atoms with Crippen LogP contribution in [-0.2, 0) is 28.8 Å². The number of hydrogen-bond donors (Lipinski definition) is 1. The topological polar surface area (TPSA) is 100 Å². The van der Waals surface area contributed by atoms with Crippen LogP contribution in [0.5, 0.6) is 0 Å². The fourth-order valence-electron chi connectivity index (χ4n) is 4.94. The summed E-state index contributed by atoms with van der Waals surface area (Å²) >= 11 is 1.26. The van der Waals surface area contributed by atoms with Crippen LogP contribution in [0.3, 0.4) is 0 Å². The van der Waals surface area contributed by atoms with E-state index in [1.54, 1.807) is 82.9 Å². The first-order valence-electron chi connectivity index (χ1n) is 13.8. The molecule has 2 amide bonds. The Morgan fingerprint density at radius 3 is 2.49 bits per heavy atom. The average molecular weight is 614 g/mol. The van der Waals surface area contributed by atoms with Crippen molar-refractivity contribution in [2.24, 2.45) is 0 Å². The number of benzene rings is 1. The second kappa shape index (κ2) is 11.9. The molecule has 1 aliphatic rings. The van der Waals surface area contributed by atoms with Gasteiger partial charge in [0.25, 0.3) is 0 Å². The van der Waals surface area contributed by atoms with Crippen LogP contribution in [0, 0.1) is 11.3 Å². The molecule has 1 aromatic carbocycles. The van der Waals surface area contributed by atoms with E-state index in [4.69, 9.17) is 4.74 Å². The highest BCUT2D eigenvalue weighted by molar-refractivity contribution is 7.12. The number of carbonyl (C=O) groups excluding carboxylic acids is 2. The van der Waals surface area contributed by atoms with Gasteiger partial charge in [0.05, 0.1) is 12.1 Å². The third kappa shape index (κ3) is 7.46. The van der Waals surface area contributed by atoms with Crippen molar-refractivity contribution in [2.45, 2.75) is 77.9 Å². The van der Waals surface area contributed by atoms with Crippen LogP contribution in [0.2, 0.25) is 0 Å². The summed E-state index contributed by atoms with van der Waals surface area (Å²) in [5, 5.41) is 16.1. The maximum absolute atomic E-state index is 14.0. The zero-order valence-corrected chi connectivity index (χ0v) is 25.7. The summed E-state index contributed by atoms with van der Waals surface area (Å²) in [7, 11) is 0. The van der Waals surface area contributed by atoms with Gasteiger partial charge in [-0.2, -0.15) is 23.5 Å².